The van der Waals surface area contributed by atoms with Gasteiger partial charge < -0.3 is 5.11 Å². The summed E-state index contributed by atoms with van der Waals surface area (Å²) < 4.78 is 29.4. The molecule has 1 aliphatic carbocycles. The number of hydrogen-bond acceptors (Lipinski definition) is 3. The molecule has 60 valence electrons. The summed E-state index contributed by atoms with van der Waals surface area (Å²) in [6.07, 6.45) is 0.658. The molecular formula is C5H10O4S. The fourth-order valence-electron chi connectivity index (χ4n) is 1.25. The van der Waals surface area contributed by atoms with E-state index in [4.69, 9.17) is 9.66 Å². The summed E-state index contributed by atoms with van der Waals surface area (Å²) >= 11 is 0. The van der Waals surface area contributed by atoms with E-state index in [-0.39, 0.29) is 0 Å². The first-order chi connectivity index (χ1) is 4.52. The van der Waals surface area contributed by atoms with Crippen molar-refractivity contribution >= 4 is 10.1 Å². The highest BCUT2D eigenvalue weighted by molar-refractivity contribution is 7.86. The SMILES string of the molecule is O=S(=O)(O)[C@@H]1CCC[C@H]1O. The normalized spacial score (nSPS) is 34.6. The second-order valence-corrected chi connectivity index (χ2v) is 4.19. The zero-order chi connectivity index (χ0) is 7.78. The van der Waals surface area contributed by atoms with Crippen molar-refractivity contribution in [3.8, 4) is 0 Å². The maximum absolute atomic E-state index is 10.4. The Labute approximate surface area is 59.6 Å². The first-order valence-corrected chi connectivity index (χ1v) is 4.66. The molecule has 0 aliphatic heterocycles. The van der Waals surface area contributed by atoms with Gasteiger partial charge in [-0.1, -0.05) is 0 Å². The average Bonchev–Trinajstić information content (AvgIpc) is 2.11. The van der Waals surface area contributed by atoms with Gasteiger partial charge in [0.05, 0.1) is 6.10 Å². The van der Waals surface area contributed by atoms with Crippen LogP contribution in [-0.2, 0) is 10.1 Å². The van der Waals surface area contributed by atoms with Crippen molar-refractivity contribution in [2.24, 2.45) is 0 Å². The summed E-state index contributed by atoms with van der Waals surface area (Å²) in [5, 5.41) is 8.05. The van der Waals surface area contributed by atoms with Crippen LogP contribution in [0.4, 0.5) is 0 Å². The molecule has 0 aromatic carbocycles. The number of aliphatic hydroxyl groups excluding tert-OH is 1. The van der Waals surface area contributed by atoms with Crippen LogP contribution in [0.25, 0.3) is 0 Å². The van der Waals surface area contributed by atoms with Crippen molar-refractivity contribution in [1.82, 2.24) is 0 Å². The fourth-order valence-corrected chi connectivity index (χ4v) is 2.25. The molecule has 0 unspecified atom stereocenters. The summed E-state index contributed by atoms with van der Waals surface area (Å²) in [6, 6.07) is 0. The molecule has 0 spiro atoms. The first-order valence-electron chi connectivity index (χ1n) is 3.16. The minimum Gasteiger partial charge on any atom is -0.392 e. The number of hydrogen-bond donors (Lipinski definition) is 2. The van der Waals surface area contributed by atoms with Crippen LogP contribution in [0.3, 0.4) is 0 Å². The maximum Gasteiger partial charge on any atom is 0.270 e. The van der Waals surface area contributed by atoms with Crippen LogP contribution in [-0.4, -0.2) is 29.4 Å². The molecule has 1 fully saturated rings. The second-order valence-electron chi connectivity index (χ2n) is 2.55. The molecule has 5 heteroatoms. The molecule has 1 aliphatic rings. The van der Waals surface area contributed by atoms with Crippen molar-refractivity contribution in [1.29, 1.82) is 0 Å². The van der Waals surface area contributed by atoms with Crippen LogP contribution in [0.5, 0.6) is 0 Å². The first kappa shape index (κ1) is 7.97. The van der Waals surface area contributed by atoms with Crippen LogP contribution in [0, 0.1) is 0 Å². The predicted octanol–water partition coefficient (Wildman–Crippen LogP) is -0.212. The van der Waals surface area contributed by atoms with Crippen molar-refractivity contribution < 1.29 is 18.1 Å². The molecule has 0 bridgehead atoms. The zero-order valence-corrected chi connectivity index (χ0v) is 6.21. The van der Waals surface area contributed by atoms with E-state index >= 15 is 0 Å². The third-order valence-electron chi connectivity index (χ3n) is 1.80. The summed E-state index contributed by atoms with van der Waals surface area (Å²) in [4.78, 5) is 0. The van der Waals surface area contributed by atoms with E-state index in [0.717, 1.165) is 0 Å². The molecule has 0 heterocycles. The van der Waals surface area contributed by atoms with Crippen molar-refractivity contribution in [2.45, 2.75) is 30.6 Å². The van der Waals surface area contributed by atoms with Crippen LogP contribution in [0.2, 0.25) is 0 Å². The molecule has 0 radical (unpaired) electrons. The lowest BCUT2D eigenvalue weighted by molar-refractivity contribution is 0.182. The van der Waals surface area contributed by atoms with Crippen LogP contribution in [0.15, 0.2) is 0 Å². The van der Waals surface area contributed by atoms with Gasteiger partial charge in [-0.3, -0.25) is 4.55 Å². The Morgan fingerprint density at radius 3 is 2.10 bits per heavy atom. The quantitative estimate of drug-likeness (QED) is 0.528. The van der Waals surface area contributed by atoms with E-state index in [1.54, 1.807) is 0 Å². The lowest BCUT2D eigenvalue weighted by atomic mass is 10.3. The highest BCUT2D eigenvalue weighted by Gasteiger charge is 2.34. The Kier molecular flexibility index (Phi) is 1.98. The number of rotatable bonds is 1. The van der Waals surface area contributed by atoms with Crippen molar-refractivity contribution in [2.75, 3.05) is 0 Å². The average molecular weight is 166 g/mol. The summed E-state index contributed by atoms with van der Waals surface area (Å²) in [6.45, 7) is 0. The third kappa shape index (κ3) is 1.47. The van der Waals surface area contributed by atoms with Gasteiger partial charge in [-0.2, -0.15) is 8.42 Å². The molecule has 0 amide bonds. The predicted molar refractivity (Wildman–Crippen MR) is 35.2 cm³/mol. The van der Waals surface area contributed by atoms with E-state index in [1.165, 1.54) is 0 Å². The molecule has 0 aromatic heterocycles. The molecule has 1 rings (SSSR count). The van der Waals surface area contributed by atoms with Crippen LogP contribution < -0.4 is 0 Å². The van der Waals surface area contributed by atoms with Crippen molar-refractivity contribution in [3.05, 3.63) is 0 Å². The van der Waals surface area contributed by atoms with Gasteiger partial charge >= 0.3 is 0 Å². The third-order valence-corrected chi connectivity index (χ3v) is 3.12. The van der Waals surface area contributed by atoms with E-state index < -0.39 is 21.5 Å². The van der Waals surface area contributed by atoms with Gasteiger partial charge in [0.1, 0.15) is 5.25 Å². The molecule has 0 aromatic rings. The van der Waals surface area contributed by atoms with Gasteiger partial charge in [0.25, 0.3) is 10.1 Å². The Morgan fingerprint density at radius 1 is 1.30 bits per heavy atom. The Balaban J connectivity index is 2.74. The van der Waals surface area contributed by atoms with Gasteiger partial charge in [0.15, 0.2) is 0 Å². The van der Waals surface area contributed by atoms with E-state index in [1.807, 2.05) is 0 Å². The van der Waals surface area contributed by atoms with E-state index in [2.05, 4.69) is 0 Å². The van der Waals surface area contributed by atoms with Gasteiger partial charge in [0.2, 0.25) is 0 Å². The molecule has 2 atom stereocenters. The van der Waals surface area contributed by atoms with Gasteiger partial charge in [0, 0.05) is 0 Å². The lowest BCUT2D eigenvalue weighted by Gasteiger charge is -2.08. The zero-order valence-electron chi connectivity index (χ0n) is 5.40. The maximum atomic E-state index is 10.4. The fraction of sp³-hybridized carbons (Fsp3) is 1.00. The lowest BCUT2D eigenvalue weighted by Crippen LogP contribution is -2.28. The minimum atomic E-state index is -4.00. The highest BCUT2D eigenvalue weighted by atomic mass is 32.2. The molecular weight excluding hydrogens is 156 g/mol. The molecule has 0 saturated heterocycles. The molecule has 2 N–H and O–H groups in total. The summed E-state index contributed by atoms with van der Waals surface area (Å²) in [5.74, 6) is 0. The monoisotopic (exact) mass is 166 g/mol. The van der Waals surface area contributed by atoms with Gasteiger partial charge in [-0.05, 0) is 19.3 Å². The van der Waals surface area contributed by atoms with E-state index in [9.17, 15) is 8.42 Å². The molecule has 4 nitrogen and oxygen atoms in total. The van der Waals surface area contributed by atoms with Crippen LogP contribution >= 0.6 is 0 Å². The summed E-state index contributed by atoms with van der Waals surface area (Å²) in [5.41, 5.74) is 0. The Morgan fingerprint density at radius 2 is 1.90 bits per heavy atom. The van der Waals surface area contributed by atoms with E-state index in [0.29, 0.717) is 19.3 Å². The molecule has 10 heavy (non-hydrogen) atoms. The topological polar surface area (TPSA) is 74.6 Å². The molecule has 1 saturated carbocycles. The Hall–Kier alpha value is -0.130. The van der Waals surface area contributed by atoms with Gasteiger partial charge in [-0.15, -0.1) is 0 Å². The standard InChI is InChI=1S/C5H10O4S/c6-4-2-1-3-5(4)10(7,8)9/h4-6H,1-3H2,(H,7,8,9)/t4-,5-/m1/s1. The summed E-state index contributed by atoms with van der Waals surface area (Å²) in [7, 11) is -4.00. The minimum absolute atomic E-state index is 0.375. The smallest absolute Gasteiger partial charge is 0.270 e. The Bertz CT molecular complexity index is 208. The van der Waals surface area contributed by atoms with Crippen LogP contribution in [0.1, 0.15) is 19.3 Å². The van der Waals surface area contributed by atoms with Crippen molar-refractivity contribution in [3.63, 3.8) is 0 Å². The number of aliphatic hydroxyl groups is 1. The van der Waals surface area contributed by atoms with Gasteiger partial charge in [-0.25, -0.2) is 0 Å². The highest BCUT2D eigenvalue weighted by Crippen LogP contribution is 2.24. The second kappa shape index (κ2) is 2.48. The largest absolute Gasteiger partial charge is 0.392 e.